The Hall–Kier alpha value is -1.77. The van der Waals surface area contributed by atoms with Gasteiger partial charge in [0.2, 0.25) is 10.0 Å². The SMILES string of the molecule is CS(=O)(=O)NCCC1C2CC3CC1CC(C(O)CC1c4c(F)cccc4-c4cncn41)(C3)C2. The van der Waals surface area contributed by atoms with Gasteiger partial charge in [-0.15, -0.1) is 0 Å². The van der Waals surface area contributed by atoms with E-state index in [9.17, 15) is 17.9 Å². The van der Waals surface area contributed by atoms with Crippen LogP contribution in [0.15, 0.2) is 30.7 Å². The molecule has 6 nitrogen and oxygen atoms in total. The zero-order chi connectivity index (χ0) is 23.0. The summed E-state index contributed by atoms with van der Waals surface area (Å²) in [6.07, 6.45) is 11.1. The molecular formula is C25H32FN3O3S. The second-order valence-corrected chi connectivity index (χ2v) is 12.9. The number of sulfonamides is 1. The molecule has 4 bridgehead atoms. The molecule has 2 heterocycles. The van der Waals surface area contributed by atoms with Gasteiger partial charge in [-0.1, -0.05) is 12.1 Å². The molecule has 33 heavy (non-hydrogen) atoms. The number of benzene rings is 1. The fraction of sp³-hybridized carbons (Fsp3) is 0.640. The number of fused-ring (bicyclic) bond motifs is 3. The first-order chi connectivity index (χ1) is 15.7. The molecule has 1 aromatic carbocycles. The first kappa shape index (κ1) is 21.7. The molecule has 0 spiro atoms. The highest BCUT2D eigenvalue weighted by molar-refractivity contribution is 7.88. The molecule has 8 heteroatoms. The van der Waals surface area contributed by atoms with E-state index in [1.165, 1.54) is 25.2 Å². The van der Waals surface area contributed by atoms with Crippen molar-refractivity contribution in [1.82, 2.24) is 14.3 Å². The molecule has 0 saturated heterocycles. The maximum atomic E-state index is 14.9. The van der Waals surface area contributed by atoms with Gasteiger partial charge in [0.15, 0.2) is 0 Å². The third-order valence-electron chi connectivity index (χ3n) is 9.18. The average molecular weight is 474 g/mol. The lowest BCUT2D eigenvalue weighted by Crippen LogP contribution is -2.56. The lowest BCUT2D eigenvalue weighted by atomic mass is 9.44. The number of imidazole rings is 1. The van der Waals surface area contributed by atoms with E-state index in [-0.39, 0.29) is 17.3 Å². The molecule has 1 aromatic heterocycles. The van der Waals surface area contributed by atoms with Crippen LogP contribution in [0.2, 0.25) is 0 Å². The Morgan fingerprint density at radius 2 is 2.03 bits per heavy atom. The Morgan fingerprint density at radius 1 is 1.27 bits per heavy atom. The maximum Gasteiger partial charge on any atom is 0.208 e. The molecule has 4 atom stereocenters. The summed E-state index contributed by atoms with van der Waals surface area (Å²) in [6.45, 7) is 0.498. The van der Waals surface area contributed by atoms with Gasteiger partial charge >= 0.3 is 0 Å². The minimum Gasteiger partial charge on any atom is -0.392 e. The van der Waals surface area contributed by atoms with Crippen molar-refractivity contribution in [2.75, 3.05) is 12.8 Å². The lowest BCUT2D eigenvalue weighted by Gasteiger charge is -2.62. The number of aliphatic hydroxyl groups excluding tert-OH is 1. The summed E-state index contributed by atoms with van der Waals surface area (Å²) in [5.74, 6) is 2.05. The van der Waals surface area contributed by atoms with Crippen LogP contribution in [-0.4, -0.2) is 42.0 Å². The number of halogens is 1. The largest absolute Gasteiger partial charge is 0.392 e. The molecular weight excluding hydrogens is 441 g/mol. The lowest BCUT2D eigenvalue weighted by molar-refractivity contribution is -0.151. The molecule has 4 unspecified atom stereocenters. The van der Waals surface area contributed by atoms with Crippen molar-refractivity contribution >= 4 is 10.0 Å². The zero-order valence-electron chi connectivity index (χ0n) is 19.0. The minimum atomic E-state index is -3.17. The van der Waals surface area contributed by atoms with E-state index in [1.54, 1.807) is 18.6 Å². The van der Waals surface area contributed by atoms with Gasteiger partial charge < -0.3 is 9.67 Å². The van der Waals surface area contributed by atoms with Gasteiger partial charge in [0.1, 0.15) is 5.82 Å². The van der Waals surface area contributed by atoms with Gasteiger partial charge in [-0.2, -0.15) is 0 Å². The normalized spacial score (nSPS) is 34.9. The summed E-state index contributed by atoms with van der Waals surface area (Å²) in [6, 6.07) is 4.97. The van der Waals surface area contributed by atoms with Crippen LogP contribution in [-0.2, 0) is 10.0 Å². The van der Waals surface area contributed by atoms with Crippen molar-refractivity contribution in [3.05, 3.63) is 42.1 Å². The van der Waals surface area contributed by atoms with Gasteiger partial charge in [0.25, 0.3) is 0 Å². The van der Waals surface area contributed by atoms with Gasteiger partial charge in [-0.3, -0.25) is 0 Å². The second-order valence-electron chi connectivity index (χ2n) is 11.1. The number of rotatable bonds is 7. The number of nitrogens with one attached hydrogen (secondary N) is 1. The fourth-order valence-corrected chi connectivity index (χ4v) is 8.66. The Balaban J connectivity index is 1.22. The smallest absolute Gasteiger partial charge is 0.208 e. The highest BCUT2D eigenvalue weighted by Gasteiger charge is 2.57. The van der Waals surface area contributed by atoms with Crippen LogP contribution >= 0.6 is 0 Å². The molecule has 4 aliphatic carbocycles. The molecule has 178 valence electrons. The number of hydrogen-bond donors (Lipinski definition) is 2. The highest BCUT2D eigenvalue weighted by Crippen LogP contribution is 2.64. The Morgan fingerprint density at radius 3 is 2.76 bits per heavy atom. The molecule has 4 saturated carbocycles. The summed E-state index contributed by atoms with van der Waals surface area (Å²) in [5, 5.41) is 11.7. The van der Waals surface area contributed by atoms with Crippen molar-refractivity contribution in [3.8, 4) is 11.3 Å². The Kier molecular flexibility index (Phi) is 5.02. The van der Waals surface area contributed by atoms with E-state index in [0.717, 1.165) is 36.9 Å². The van der Waals surface area contributed by atoms with Gasteiger partial charge in [-0.05, 0) is 80.1 Å². The molecule has 5 aliphatic rings. The van der Waals surface area contributed by atoms with E-state index in [4.69, 9.17) is 0 Å². The van der Waals surface area contributed by atoms with Crippen molar-refractivity contribution in [2.24, 2.45) is 29.1 Å². The number of nitrogens with zero attached hydrogens (tertiary/aromatic N) is 2. The average Bonchev–Trinajstić information content (AvgIpc) is 3.32. The number of aliphatic hydroxyl groups is 1. The Labute approximate surface area is 194 Å². The van der Waals surface area contributed by atoms with Gasteiger partial charge in [0.05, 0.1) is 36.6 Å². The maximum absolute atomic E-state index is 14.9. The monoisotopic (exact) mass is 473 g/mol. The third kappa shape index (κ3) is 3.56. The van der Waals surface area contributed by atoms with Crippen LogP contribution in [0.1, 0.15) is 56.6 Å². The molecule has 2 aromatic rings. The number of aromatic nitrogens is 2. The van der Waals surface area contributed by atoms with Crippen LogP contribution in [0, 0.1) is 34.9 Å². The molecule has 1 aliphatic heterocycles. The van der Waals surface area contributed by atoms with E-state index in [1.807, 2.05) is 10.6 Å². The Bertz CT molecular complexity index is 1160. The summed E-state index contributed by atoms with van der Waals surface area (Å²) in [4.78, 5) is 4.29. The highest BCUT2D eigenvalue weighted by atomic mass is 32.2. The van der Waals surface area contributed by atoms with Gasteiger partial charge in [-0.25, -0.2) is 22.5 Å². The van der Waals surface area contributed by atoms with Crippen molar-refractivity contribution in [3.63, 3.8) is 0 Å². The second kappa shape index (κ2) is 7.62. The van der Waals surface area contributed by atoms with Gasteiger partial charge in [0, 0.05) is 17.7 Å². The van der Waals surface area contributed by atoms with Crippen LogP contribution in [0.5, 0.6) is 0 Å². The fourth-order valence-electron chi connectivity index (χ4n) is 8.18. The topological polar surface area (TPSA) is 84.2 Å². The molecule has 4 fully saturated rings. The summed E-state index contributed by atoms with van der Waals surface area (Å²) < 4.78 is 42.5. The number of hydrogen-bond acceptors (Lipinski definition) is 4. The van der Waals surface area contributed by atoms with Crippen molar-refractivity contribution in [2.45, 2.75) is 57.1 Å². The summed E-state index contributed by atoms with van der Waals surface area (Å²) in [7, 11) is -3.17. The summed E-state index contributed by atoms with van der Waals surface area (Å²) >= 11 is 0. The van der Waals surface area contributed by atoms with Crippen LogP contribution in [0.3, 0.4) is 0 Å². The molecule has 7 rings (SSSR count). The van der Waals surface area contributed by atoms with E-state index in [0.29, 0.717) is 42.2 Å². The van der Waals surface area contributed by atoms with E-state index in [2.05, 4.69) is 9.71 Å². The first-order valence-electron chi connectivity index (χ1n) is 12.2. The molecule has 2 N–H and O–H groups in total. The first-order valence-corrected chi connectivity index (χ1v) is 14.1. The minimum absolute atomic E-state index is 0.105. The predicted octanol–water partition coefficient (Wildman–Crippen LogP) is 3.72. The zero-order valence-corrected chi connectivity index (χ0v) is 19.8. The van der Waals surface area contributed by atoms with Crippen molar-refractivity contribution in [1.29, 1.82) is 0 Å². The van der Waals surface area contributed by atoms with Crippen LogP contribution < -0.4 is 4.72 Å². The molecule has 0 amide bonds. The van der Waals surface area contributed by atoms with Crippen LogP contribution in [0.25, 0.3) is 11.3 Å². The van der Waals surface area contributed by atoms with E-state index >= 15 is 0 Å². The molecule has 0 radical (unpaired) electrons. The third-order valence-corrected chi connectivity index (χ3v) is 9.90. The standard InChI is InChI=1S/C25H32FN3O3S/c1-33(31,32)28-6-5-18-16-7-15-8-17(18)12-25(10-15,11-16)23(30)9-21-24-19(3-2-4-20(24)26)22-13-27-14-29(21)22/h2-4,13-18,21,23,28,30H,5-12H2,1H3. The summed E-state index contributed by atoms with van der Waals surface area (Å²) in [5.41, 5.74) is 2.38. The van der Waals surface area contributed by atoms with Crippen LogP contribution in [0.4, 0.5) is 4.39 Å². The van der Waals surface area contributed by atoms with Crippen molar-refractivity contribution < 1.29 is 17.9 Å². The van der Waals surface area contributed by atoms with E-state index < -0.39 is 16.1 Å². The quantitative estimate of drug-likeness (QED) is 0.642. The predicted molar refractivity (Wildman–Crippen MR) is 123 cm³/mol.